The lowest BCUT2D eigenvalue weighted by molar-refractivity contribution is 0.302. The summed E-state index contributed by atoms with van der Waals surface area (Å²) in [6.45, 7) is 4.52. The molecule has 0 aliphatic rings. The largest absolute Gasteiger partial charge is 0.488 e. The molecule has 3 heteroatoms. The van der Waals surface area contributed by atoms with Gasteiger partial charge in [0, 0.05) is 0 Å². The summed E-state index contributed by atoms with van der Waals surface area (Å²) >= 11 is 1.67. The molecule has 2 nitrogen and oxygen atoms in total. The van der Waals surface area contributed by atoms with Gasteiger partial charge in [-0.25, -0.2) is 0 Å². The topological polar surface area (TPSA) is 33.0 Å². The predicted octanol–water partition coefficient (Wildman–Crippen LogP) is 3.82. The number of thiophene rings is 1. The lowest BCUT2D eigenvalue weighted by atomic mass is 10.1. The van der Waals surface area contributed by atoms with Crippen LogP contribution in [0.3, 0.4) is 0 Å². The smallest absolute Gasteiger partial charge is 0.125 e. The molecule has 0 fully saturated rings. The van der Waals surface area contributed by atoms with Gasteiger partial charge in [-0.1, -0.05) is 0 Å². The van der Waals surface area contributed by atoms with Crippen LogP contribution in [0.5, 0.6) is 5.75 Å². The molecule has 1 aromatic heterocycles. The van der Waals surface area contributed by atoms with Gasteiger partial charge in [0.05, 0.1) is 11.6 Å². The monoisotopic (exact) mass is 243 g/mol. The van der Waals surface area contributed by atoms with E-state index >= 15 is 0 Å². The predicted molar refractivity (Wildman–Crippen MR) is 69.3 cm³/mol. The highest BCUT2D eigenvalue weighted by Crippen LogP contribution is 2.25. The van der Waals surface area contributed by atoms with Gasteiger partial charge in [-0.2, -0.15) is 16.6 Å². The van der Waals surface area contributed by atoms with Crippen molar-refractivity contribution in [2.24, 2.45) is 0 Å². The maximum absolute atomic E-state index is 8.87. The third kappa shape index (κ3) is 2.66. The summed E-state index contributed by atoms with van der Waals surface area (Å²) < 4.78 is 5.81. The molecule has 1 aromatic carbocycles. The van der Waals surface area contributed by atoms with Crippen LogP contribution >= 0.6 is 11.3 Å². The second kappa shape index (κ2) is 5.03. The summed E-state index contributed by atoms with van der Waals surface area (Å²) in [5, 5.41) is 13.0. The molecule has 17 heavy (non-hydrogen) atoms. The summed E-state index contributed by atoms with van der Waals surface area (Å²) in [7, 11) is 0. The van der Waals surface area contributed by atoms with Gasteiger partial charge >= 0.3 is 0 Å². The molecule has 86 valence electrons. The summed E-state index contributed by atoms with van der Waals surface area (Å²) in [5.41, 5.74) is 3.88. The van der Waals surface area contributed by atoms with Crippen LogP contribution in [0.4, 0.5) is 0 Å². The maximum atomic E-state index is 8.87. The van der Waals surface area contributed by atoms with E-state index in [4.69, 9.17) is 10.00 Å². The van der Waals surface area contributed by atoms with Gasteiger partial charge < -0.3 is 4.74 Å². The highest BCUT2D eigenvalue weighted by atomic mass is 32.1. The van der Waals surface area contributed by atoms with E-state index in [0.717, 1.165) is 16.9 Å². The van der Waals surface area contributed by atoms with E-state index < -0.39 is 0 Å². The Labute approximate surface area is 105 Å². The number of hydrogen-bond acceptors (Lipinski definition) is 3. The Morgan fingerprint density at radius 3 is 2.53 bits per heavy atom. The second-order valence-corrected chi connectivity index (χ2v) is 4.75. The van der Waals surface area contributed by atoms with Gasteiger partial charge in [-0.05, 0) is 59.5 Å². The Hall–Kier alpha value is -1.79. The highest BCUT2D eigenvalue weighted by molar-refractivity contribution is 7.07. The molecule has 1 heterocycles. The first-order valence-electron chi connectivity index (χ1n) is 5.36. The minimum atomic E-state index is 0.580. The molecular formula is C14H13NOS. The third-order valence-corrected chi connectivity index (χ3v) is 3.28. The van der Waals surface area contributed by atoms with E-state index in [0.29, 0.717) is 12.2 Å². The average Bonchev–Trinajstić information content (AvgIpc) is 2.80. The van der Waals surface area contributed by atoms with Gasteiger partial charge in [0.1, 0.15) is 12.4 Å². The Bertz CT molecular complexity index is 529. The molecule has 0 amide bonds. The van der Waals surface area contributed by atoms with Crippen molar-refractivity contribution < 1.29 is 4.74 Å². The Balaban J connectivity index is 2.19. The Morgan fingerprint density at radius 1 is 1.29 bits per heavy atom. The van der Waals surface area contributed by atoms with Crippen LogP contribution in [0.2, 0.25) is 0 Å². The van der Waals surface area contributed by atoms with Gasteiger partial charge in [-0.3, -0.25) is 0 Å². The molecule has 0 saturated heterocycles. The molecule has 0 bridgehead atoms. The van der Waals surface area contributed by atoms with E-state index in [9.17, 15) is 0 Å². The molecule has 0 aliphatic heterocycles. The SMILES string of the molecule is Cc1cc(C#N)cc(C)c1OCc1ccsc1. The first-order valence-corrected chi connectivity index (χ1v) is 6.30. The van der Waals surface area contributed by atoms with Crippen LogP contribution in [-0.2, 0) is 6.61 Å². The lowest BCUT2D eigenvalue weighted by Gasteiger charge is -2.11. The van der Waals surface area contributed by atoms with Crippen molar-refractivity contribution in [3.8, 4) is 11.8 Å². The summed E-state index contributed by atoms with van der Waals surface area (Å²) in [5.74, 6) is 0.884. The fraction of sp³-hybridized carbons (Fsp3) is 0.214. The Kier molecular flexibility index (Phi) is 3.46. The highest BCUT2D eigenvalue weighted by Gasteiger charge is 2.06. The van der Waals surface area contributed by atoms with Crippen molar-refractivity contribution >= 4 is 11.3 Å². The second-order valence-electron chi connectivity index (χ2n) is 3.97. The average molecular weight is 243 g/mol. The van der Waals surface area contributed by atoms with Crippen molar-refractivity contribution in [2.45, 2.75) is 20.5 Å². The number of ether oxygens (including phenoxy) is 1. The number of nitrogens with zero attached hydrogens (tertiary/aromatic N) is 1. The van der Waals surface area contributed by atoms with E-state index in [1.165, 1.54) is 5.56 Å². The molecule has 2 aromatic rings. The van der Waals surface area contributed by atoms with Gasteiger partial charge in [0.2, 0.25) is 0 Å². The number of benzene rings is 1. The lowest BCUT2D eigenvalue weighted by Crippen LogP contribution is -1.98. The van der Waals surface area contributed by atoms with Crippen LogP contribution in [0.15, 0.2) is 29.0 Å². The normalized spacial score (nSPS) is 9.94. The van der Waals surface area contributed by atoms with E-state index in [1.54, 1.807) is 11.3 Å². The summed E-state index contributed by atoms with van der Waals surface area (Å²) in [4.78, 5) is 0. The number of aryl methyl sites for hydroxylation is 2. The third-order valence-electron chi connectivity index (χ3n) is 2.55. The standard InChI is InChI=1S/C14H13NOS/c1-10-5-13(7-15)6-11(2)14(10)16-8-12-3-4-17-9-12/h3-6,9H,8H2,1-2H3. The zero-order valence-electron chi connectivity index (χ0n) is 9.86. The van der Waals surface area contributed by atoms with Crippen molar-refractivity contribution in [3.05, 3.63) is 51.2 Å². The molecule has 0 spiro atoms. The molecule has 0 N–H and O–H groups in total. The van der Waals surface area contributed by atoms with E-state index in [2.05, 4.69) is 17.5 Å². The Morgan fingerprint density at radius 2 is 2.00 bits per heavy atom. The van der Waals surface area contributed by atoms with Crippen molar-refractivity contribution in [1.29, 1.82) is 5.26 Å². The molecule has 0 atom stereocenters. The molecule has 0 aliphatic carbocycles. The zero-order chi connectivity index (χ0) is 12.3. The summed E-state index contributed by atoms with van der Waals surface area (Å²) in [6, 6.07) is 7.92. The fourth-order valence-corrected chi connectivity index (χ4v) is 2.43. The van der Waals surface area contributed by atoms with Crippen LogP contribution < -0.4 is 4.74 Å². The van der Waals surface area contributed by atoms with E-state index in [-0.39, 0.29) is 0 Å². The number of nitriles is 1. The molecule has 0 unspecified atom stereocenters. The molecular weight excluding hydrogens is 230 g/mol. The van der Waals surface area contributed by atoms with Gasteiger partial charge in [-0.15, -0.1) is 0 Å². The molecule has 2 rings (SSSR count). The first-order chi connectivity index (χ1) is 8.20. The van der Waals surface area contributed by atoms with Crippen LogP contribution in [0.25, 0.3) is 0 Å². The quantitative estimate of drug-likeness (QED) is 0.821. The van der Waals surface area contributed by atoms with Crippen molar-refractivity contribution in [2.75, 3.05) is 0 Å². The molecule has 0 radical (unpaired) electrons. The zero-order valence-corrected chi connectivity index (χ0v) is 10.7. The fourth-order valence-electron chi connectivity index (χ4n) is 1.77. The number of rotatable bonds is 3. The minimum Gasteiger partial charge on any atom is -0.488 e. The summed E-state index contributed by atoms with van der Waals surface area (Å²) in [6.07, 6.45) is 0. The number of hydrogen-bond donors (Lipinski definition) is 0. The molecule has 0 saturated carbocycles. The van der Waals surface area contributed by atoms with Crippen molar-refractivity contribution in [3.63, 3.8) is 0 Å². The van der Waals surface area contributed by atoms with Crippen LogP contribution in [-0.4, -0.2) is 0 Å². The van der Waals surface area contributed by atoms with Gasteiger partial charge in [0.15, 0.2) is 0 Å². The van der Waals surface area contributed by atoms with E-state index in [1.807, 2.05) is 31.4 Å². The minimum absolute atomic E-state index is 0.580. The van der Waals surface area contributed by atoms with Crippen molar-refractivity contribution in [1.82, 2.24) is 0 Å². The van der Waals surface area contributed by atoms with Gasteiger partial charge in [0.25, 0.3) is 0 Å². The maximum Gasteiger partial charge on any atom is 0.125 e. The first kappa shape index (κ1) is 11.7. The van der Waals surface area contributed by atoms with Crippen LogP contribution in [0.1, 0.15) is 22.3 Å². The van der Waals surface area contributed by atoms with Crippen LogP contribution in [0, 0.1) is 25.2 Å².